The second-order valence-electron chi connectivity index (χ2n) is 4.95. The molecule has 1 unspecified atom stereocenters. The first kappa shape index (κ1) is 18.4. The molecule has 0 radical (unpaired) electrons. The first-order valence-electron chi connectivity index (χ1n) is 7.11. The van der Waals surface area contributed by atoms with Crippen molar-refractivity contribution in [3.8, 4) is 5.75 Å². The Morgan fingerprint density at radius 1 is 1.43 bits per heavy atom. The second-order valence-corrected chi connectivity index (χ2v) is 5.36. The number of rotatable bonds is 6. The molecule has 0 amide bonds. The van der Waals surface area contributed by atoms with Crippen molar-refractivity contribution in [3.63, 3.8) is 0 Å². The Morgan fingerprint density at radius 2 is 2.14 bits per heavy atom. The minimum absolute atomic E-state index is 0. The number of hydrogen-bond donors (Lipinski definition) is 2. The molecule has 2 rings (SSSR count). The standard InChI is InChI=1S/C15H22ClN3O.HI/c1-3-12(20-14-7-5-4-6-13(14)16)10-18-15(17-2)19-11-8-9-11;/h4-7,11-12H,3,8-10H2,1-2H3,(H2,17,18,19);1H. The van der Waals surface area contributed by atoms with Gasteiger partial charge in [0.1, 0.15) is 11.9 Å². The van der Waals surface area contributed by atoms with Gasteiger partial charge in [-0.05, 0) is 31.4 Å². The van der Waals surface area contributed by atoms with E-state index in [-0.39, 0.29) is 30.1 Å². The van der Waals surface area contributed by atoms with E-state index in [2.05, 4.69) is 22.5 Å². The van der Waals surface area contributed by atoms with Crippen LogP contribution in [0.4, 0.5) is 0 Å². The molecule has 1 aromatic rings. The van der Waals surface area contributed by atoms with Gasteiger partial charge in [-0.1, -0.05) is 30.7 Å². The summed E-state index contributed by atoms with van der Waals surface area (Å²) in [7, 11) is 1.79. The van der Waals surface area contributed by atoms with Gasteiger partial charge >= 0.3 is 0 Å². The molecule has 0 saturated heterocycles. The number of nitrogens with one attached hydrogen (secondary N) is 2. The number of halogens is 2. The van der Waals surface area contributed by atoms with Crippen LogP contribution in [0.15, 0.2) is 29.3 Å². The fourth-order valence-electron chi connectivity index (χ4n) is 1.82. The lowest BCUT2D eigenvalue weighted by Crippen LogP contribution is -2.43. The molecule has 1 aliphatic carbocycles. The molecule has 0 aromatic heterocycles. The molecule has 0 aliphatic heterocycles. The number of aliphatic imine (C=N–C) groups is 1. The van der Waals surface area contributed by atoms with Gasteiger partial charge in [0.05, 0.1) is 11.6 Å². The maximum atomic E-state index is 6.11. The second kappa shape index (κ2) is 9.35. The van der Waals surface area contributed by atoms with Crippen molar-refractivity contribution in [2.45, 2.75) is 38.3 Å². The third kappa shape index (κ3) is 6.30. The predicted octanol–water partition coefficient (Wildman–Crippen LogP) is 3.44. The van der Waals surface area contributed by atoms with E-state index in [4.69, 9.17) is 16.3 Å². The van der Waals surface area contributed by atoms with Crippen LogP contribution in [-0.2, 0) is 0 Å². The lowest BCUT2D eigenvalue weighted by atomic mass is 10.2. The third-order valence-electron chi connectivity index (χ3n) is 3.22. The number of para-hydroxylation sites is 1. The summed E-state index contributed by atoms with van der Waals surface area (Å²) in [5.74, 6) is 1.57. The van der Waals surface area contributed by atoms with Gasteiger partial charge in [0.2, 0.25) is 0 Å². The van der Waals surface area contributed by atoms with Gasteiger partial charge in [0.25, 0.3) is 0 Å². The van der Waals surface area contributed by atoms with Gasteiger partial charge in [-0.25, -0.2) is 0 Å². The zero-order valence-electron chi connectivity index (χ0n) is 12.4. The maximum Gasteiger partial charge on any atom is 0.191 e. The van der Waals surface area contributed by atoms with Crippen molar-refractivity contribution in [1.29, 1.82) is 0 Å². The van der Waals surface area contributed by atoms with E-state index in [0.29, 0.717) is 17.6 Å². The minimum atomic E-state index is 0. The van der Waals surface area contributed by atoms with E-state index in [9.17, 15) is 0 Å². The molecular formula is C15H23ClIN3O. The molecule has 0 bridgehead atoms. The highest BCUT2D eigenvalue weighted by atomic mass is 127. The van der Waals surface area contributed by atoms with Crippen molar-refractivity contribution in [1.82, 2.24) is 10.6 Å². The molecule has 0 spiro atoms. The van der Waals surface area contributed by atoms with Crippen molar-refractivity contribution in [2.75, 3.05) is 13.6 Å². The quantitative estimate of drug-likeness (QED) is 0.418. The molecule has 2 N–H and O–H groups in total. The lowest BCUT2D eigenvalue weighted by Gasteiger charge is -2.20. The highest BCUT2D eigenvalue weighted by molar-refractivity contribution is 14.0. The average molecular weight is 424 g/mol. The van der Waals surface area contributed by atoms with Gasteiger partial charge < -0.3 is 15.4 Å². The Kier molecular flexibility index (Phi) is 8.18. The van der Waals surface area contributed by atoms with E-state index in [1.54, 1.807) is 7.05 Å². The van der Waals surface area contributed by atoms with Crippen molar-refractivity contribution < 1.29 is 4.74 Å². The Morgan fingerprint density at radius 3 is 2.71 bits per heavy atom. The summed E-state index contributed by atoms with van der Waals surface area (Å²) < 4.78 is 5.93. The van der Waals surface area contributed by atoms with Gasteiger partial charge in [-0.2, -0.15) is 0 Å². The zero-order chi connectivity index (χ0) is 14.4. The van der Waals surface area contributed by atoms with Crippen LogP contribution in [0, 0.1) is 0 Å². The van der Waals surface area contributed by atoms with Gasteiger partial charge in [0, 0.05) is 13.1 Å². The van der Waals surface area contributed by atoms with Gasteiger partial charge in [-0.3, -0.25) is 4.99 Å². The van der Waals surface area contributed by atoms with Crippen molar-refractivity contribution in [2.24, 2.45) is 4.99 Å². The van der Waals surface area contributed by atoms with Crippen LogP contribution in [0.5, 0.6) is 5.75 Å². The highest BCUT2D eigenvalue weighted by Gasteiger charge is 2.22. The summed E-state index contributed by atoms with van der Waals surface area (Å²) in [6.07, 6.45) is 3.42. The third-order valence-corrected chi connectivity index (χ3v) is 3.54. The Labute approximate surface area is 148 Å². The lowest BCUT2D eigenvalue weighted by molar-refractivity contribution is 0.199. The Hall–Kier alpha value is -0.690. The van der Waals surface area contributed by atoms with Gasteiger partial charge in [0.15, 0.2) is 5.96 Å². The van der Waals surface area contributed by atoms with E-state index in [1.165, 1.54) is 12.8 Å². The van der Waals surface area contributed by atoms with Crippen LogP contribution in [-0.4, -0.2) is 31.7 Å². The molecule has 118 valence electrons. The molecule has 1 saturated carbocycles. The number of ether oxygens (including phenoxy) is 1. The summed E-state index contributed by atoms with van der Waals surface area (Å²) >= 11 is 6.11. The van der Waals surface area contributed by atoms with Crippen LogP contribution in [0.1, 0.15) is 26.2 Å². The normalized spacial score (nSPS) is 15.9. The number of benzene rings is 1. The van der Waals surface area contributed by atoms with Crippen LogP contribution in [0.25, 0.3) is 0 Å². The van der Waals surface area contributed by atoms with Crippen molar-refractivity contribution >= 4 is 41.5 Å². The first-order valence-corrected chi connectivity index (χ1v) is 7.49. The largest absolute Gasteiger partial charge is 0.487 e. The monoisotopic (exact) mass is 423 g/mol. The van der Waals surface area contributed by atoms with Crippen LogP contribution in [0.2, 0.25) is 5.02 Å². The first-order chi connectivity index (χ1) is 9.72. The number of guanidine groups is 1. The van der Waals surface area contributed by atoms with E-state index in [0.717, 1.165) is 18.1 Å². The average Bonchev–Trinajstić information content (AvgIpc) is 3.27. The Bertz CT molecular complexity index is 466. The summed E-state index contributed by atoms with van der Waals surface area (Å²) in [5.41, 5.74) is 0. The zero-order valence-corrected chi connectivity index (χ0v) is 15.5. The van der Waals surface area contributed by atoms with E-state index < -0.39 is 0 Å². The molecule has 1 aromatic carbocycles. The Balaban J connectivity index is 0.00000220. The number of hydrogen-bond acceptors (Lipinski definition) is 2. The SMILES string of the molecule is CCC(CNC(=NC)NC1CC1)Oc1ccccc1Cl.I. The molecule has 1 fully saturated rings. The summed E-state index contributed by atoms with van der Waals surface area (Å²) in [6.45, 7) is 2.80. The van der Waals surface area contributed by atoms with E-state index >= 15 is 0 Å². The molecular weight excluding hydrogens is 401 g/mol. The van der Waals surface area contributed by atoms with Crippen LogP contribution >= 0.6 is 35.6 Å². The fraction of sp³-hybridized carbons (Fsp3) is 0.533. The highest BCUT2D eigenvalue weighted by Crippen LogP contribution is 2.24. The minimum Gasteiger partial charge on any atom is -0.487 e. The number of nitrogens with zero attached hydrogens (tertiary/aromatic N) is 1. The van der Waals surface area contributed by atoms with Gasteiger partial charge in [-0.15, -0.1) is 24.0 Å². The molecule has 4 nitrogen and oxygen atoms in total. The summed E-state index contributed by atoms with van der Waals surface area (Å²) in [4.78, 5) is 4.21. The van der Waals surface area contributed by atoms with E-state index in [1.807, 2.05) is 24.3 Å². The summed E-state index contributed by atoms with van der Waals surface area (Å²) in [5, 5.41) is 7.30. The van der Waals surface area contributed by atoms with Crippen LogP contribution in [0.3, 0.4) is 0 Å². The fourth-order valence-corrected chi connectivity index (χ4v) is 2.00. The smallest absolute Gasteiger partial charge is 0.191 e. The molecule has 6 heteroatoms. The van der Waals surface area contributed by atoms with Crippen LogP contribution < -0.4 is 15.4 Å². The molecule has 21 heavy (non-hydrogen) atoms. The van der Waals surface area contributed by atoms with Crippen molar-refractivity contribution in [3.05, 3.63) is 29.3 Å². The maximum absolute atomic E-state index is 6.11. The molecule has 1 atom stereocenters. The molecule has 0 heterocycles. The summed E-state index contributed by atoms with van der Waals surface area (Å²) in [6, 6.07) is 8.14. The predicted molar refractivity (Wildman–Crippen MR) is 99.1 cm³/mol. The topological polar surface area (TPSA) is 45.7 Å². The molecule has 1 aliphatic rings.